The Bertz CT molecular complexity index is 747. The molecule has 1 amide bonds. The molecule has 0 fully saturated rings. The molecule has 0 spiro atoms. The highest BCUT2D eigenvalue weighted by Crippen LogP contribution is 2.12. The maximum Gasteiger partial charge on any atom is 0.407 e. The van der Waals surface area contributed by atoms with Crippen LogP contribution in [0.15, 0.2) is 54.6 Å². The van der Waals surface area contributed by atoms with Gasteiger partial charge in [0.15, 0.2) is 0 Å². The fourth-order valence-electron chi connectivity index (χ4n) is 2.76. The van der Waals surface area contributed by atoms with E-state index < -0.39 is 23.8 Å². The van der Waals surface area contributed by atoms with Gasteiger partial charge in [-0.15, -0.1) is 0 Å². The third kappa shape index (κ3) is 8.30. The number of rotatable bonds is 8. The first-order chi connectivity index (χ1) is 13.2. The predicted octanol–water partition coefficient (Wildman–Crippen LogP) is 3.93. The lowest BCUT2D eigenvalue weighted by molar-refractivity contribution is 0.0422. The number of halogens is 1. The van der Waals surface area contributed by atoms with Gasteiger partial charge in [0.25, 0.3) is 0 Å². The first-order valence-electron chi connectivity index (χ1n) is 9.39. The molecule has 6 heteroatoms. The summed E-state index contributed by atoms with van der Waals surface area (Å²) >= 11 is 6.00. The molecule has 0 aliphatic rings. The Hall–Kier alpha value is -2.08. The summed E-state index contributed by atoms with van der Waals surface area (Å²) in [6.45, 7) is 6.31. The van der Waals surface area contributed by atoms with Crippen molar-refractivity contribution >= 4 is 17.7 Å². The van der Waals surface area contributed by atoms with Crippen molar-refractivity contribution in [3.8, 4) is 0 Å². The number of aliphatic hydroxyl groups is 1. The van der Waals surface area contributed by atoms with E-state index in [1.807, 2.05) is 75.4 Å². The van der Waals surface area contributed by atoms with E-state index in [9.17, 15) is 9.90 Å². The second-order valence-corrected chi connectivity index (χ2v) is 8.21. The van der Waals surface area contributed by atoms with E-state index >= 15 is 0 Å². The third-order valence-electron chi connectivity index (χ3n) is 4.04. The van der Waals surface area contributed by atoms with E-state index in [-0.39, 0.29) is 0 Å². The highest BCUT2D eigenvalue weighted by Gasteiger charge is 2.24. The van der Waals surface area contributed by atoms with Crippen molar-refractivity contribution in [3.05, 3.63) is 70.7 Å². The SMILES string of the molecule is CC(C)(C)OC(=O)N[C@@H](Cc1ccccc1)[C@H](O)CNCc1cccc(Cl)c1. The smallest absolute Gasteiger partial charge is 0.407 e. The molecule has 152 valence electrons. The summed E-state index contributed by atoms with van der Waals surface area (Å²) in [4.78, 5) is 12.2. The minimum atomic E-state index is -0.785. The van der Waals surface area contributed by atoms with E-state index in [4.69, 9.17) is 16.3 Å². The standard InChI is InChI=1S/C22H29ClN2O3/c1-22(2,3)28-21(27)25-19(13-16-8-5-4-6-9-16)20(26)15-24-14-17-10-7-11-18(23)12-17/h4-12,19-20,24,26H,13-15H2,1-3H3,(H,25,27)/t19-,20+/m0/s1. The molecule has 0 heterocycles. The topological polar surface area (TPSA) is 70.6 Å². The molecule has 0 aliphatic carbocycles. The minimum absolute atomic E-state index is 0.319. The van der Waals surface area contributed by atoms with E-state index in [1.54, 1.807) is 0 Å². The average Bonchev–Trinajstić information content (AvgIpc) is 2.60. The van der Waals surface area contributed by atoms with Gasteiger partial charge >= 0.3 is 6.09 Å². The predicted molar refractivity (Wildman–Crippen MR) is 112 cm³/mol. The summed E-state index contributed by atoms with van der Waals surface area (Å²) in [7, 11) is 0. The van der Waals surface area contributed by atoms with Crippen LogP contribution < -0.4 is 10.6 Å². The van der Waals surface area contributed by atoms with E-state index in [0.717, 1.165) is 11.1 Å². The molecule has 2 aromatic rings. The Morgan fingerprint density at radius 2 is 1.79 bits per heavy atom. The van der Waals surface area contributed by atoms with Gasteiger partial charge in [-0.3, -0.25) is 0 Å². The molecule has 0 saturated heterocycles. The van der Waals surface area contributed by atoms with E-state index in [2.05, 4.69) is 10.6 Å². The fourth-order valence-corrected chi connectivity index (χ4v) is 2.98. The Kier molecular flexibility index (Phi) is 8.30. The van der Waals surface area contributed by atoms with Crippen LogP contribution in [-0.2, 0) is 17.7 Å². The minimum Gasteiger partial charge on any atom is -0.444 e. The number of amides is 1. The van der Waals surface area contributed by atoms with Crippen LogP contribution in [0.2, 0.25) is 5.02 Å². The average molecular weight is 405 g/mol. The van der Waals surface area contributed by atoms with Gasteiger partial charge in [0, 0.05) is 18.1 Å². The van der Waals surface area contributed by atoms with Gasteiger partial charge in [-0.1, -0.05) is 54.1 Å². The number of hydrogen-bond donors (Lipinski definition) is 3. The zero-order valence-electron chi connectivity index (χ0n) is 16.6. The van der Waals surface area contributed by atoms with Crippen LogP contribution in [0.5, 0.6) is 0 Å². The van der Waals surface area contributed by atoms with Crippen molar-refractivity contribution in [1.29, 1.82) is 0 Å². The Balaban J connectivity index is 1.96. The van der Waals surface area contributed by atoms with Crippen molar-refractivity contribution in [3.63, 3.8) is 0 Å². The van der Waals surface area contributed by atoms with Crippen molar-refractivity contribution < 1.29 is 14.6 Å². The van der Waals surface area contributed by atoms with Gasteiger partial charge in [0.1, 0.15) is 5.60 Å². The van der Waals surface area contributed by atoms with Crippen LogP contribution in [0.1, 0.15) is 31.9 Å². The summed E-state index contributed by atoms with van der Waals surface area (Å²) < 4.78 is 5.35. The monoisotopic (exact) mass is 404 g/mol. The number of aliphatic hydroxyl groups excluding tert-OH is 1. The molecule has 0 bridgehead atoms. The quantitative estimate of drug-likeness (QED) is 0.623. The van der Waals surface area contributed by atoms with Gasteiger partial charge in [0.05, 0.1) is 12.1 Å². The van der Waals surface area contributed by atoms with Crippen molar-refractivity contribution in [2.45, 2.75) is 51.5 Å². The first-order valence-corrected chi connectivity index (χ1v) is 9.77. The maximum atomic E-state index is 12.2. The zero-order chi connectivity index (χ0) is 20.6. The molecular weight excluding hydrogens is 376 g/mol. The number of benzene rings is 2. The van der Waals surface area contributed by atoms with Crippen LogP contribution in [0.3, 0.4) is 0 Å². The van der Waals surface area contributed by atoms with Gasteiger partial charge in [-0.2, -0.15) is 0 Å². The molecule has 28 heavy (non-hydrogen) atoms. The molecule has 2 aromatic carbocycles. The van der Waals surface area contributed by atoms with E-state index in [1.165, 1.54) is 0 Å². The molecule has 2 rings (SSSR count). The third-order valence-corrected chi connectivity index (χ3v) is 4.27. The summed E-state index contributed by atoms with van der Waals surface area (Å²) in [6.07, 6.45) is -0.825. The molecule has 0 unspecified atom stereocenters. The van der Waals surface area contributed by atoms with Crippen LogP contribution in [-0.4, -0.2) is 35.5 Å². The molecule has 0 radical (unpaired) electrons. The second-order valence-electron chi connectivity index (χ2n) is 7.77. The molecule has 0 aliphatic heterocycles. The number of nitrogens with one attached hydrogen (secondary N) is 2. The summed E-state index contributed by atoms with van der Waals surface area (Å²) in [6, 6.07) is 16.8. The molecule has 3 N–H and O–H groups in total. The van der Waals surface area contributed by atoms with Crippen LogP contribution >= 0.6 is 11.6 Å². The number of carbonyl (C=O) groups excluding carboxylic acids is 1. The number of carbonyl (C=O) groups is 1. The van der Waals surface area contributed by atoms with Gasteiger partial charge in [-0.25, -0.2) is 4.79 Å². The maximum absolute atomic E-state index is 12.2. The first kappa shape index (κ1) is 22.2. The summed E-state index contributed by atoms with van der Waals surface area (Å²) in [5.74, 6) is 0. The summed E-state index contributed by atoms with van der Waals surface area (Å²) in [5.41, 5.74) is 1.45. The molecule has 0 saturated carbocycles. The highest BCUT2D eigenvalue weighted by molar-refractivity contribution is 6.30. The largest absolute Gasteiger partial charge is 0.444 e. The van der Waals surface area contributed by atoms with Gasteiger partial charge in [-0.05, 0) is 50.5 Å². The Morgan fingerprint density at radius 3 is 2.43 bits per heavy atom. The second kappa shape index (κ2) is 10.5. The van der Waals surface area contributed by atoms with E-state index in [0.29, 0.717) is 24.5 Å². The van der Waals surface area contributed by atoms with Crippen LogP contribution in [0.4, 0.5) is 4.79 Å². The molecule has 0 aromatic heterocycles. The van der Waals surface area contributed by atoms with Crippen molar-refractivity contribution in [2.75, 3.05) is 6.54 Å². The highest BCUT2D eigenvalue weighted by atomic mass is 35.5. The van der Waals surface area contributed by atoms with Crippen molar-refractivity contribution in [2.24, 2.45) is 0 Å². The zero-order valence-corrected chi connectivity index (χ0v) is 17.4. The van der Waals surface area contributed by atoms with Gasteiger partial charge in [0.2, 0.25) is 0 Å². The molecule has 5 nitrogen and oxygen atoms in total. The number of ether oxygens (including phenoxy) is 1. The van der Waals surface area contributed by atoms with Crippen LogP contribution in [0, 0.1) is 0 Å². The lowest BCUT2D eigenvalue weighted by atomic mass is 10.0. The lowest BCUT2D eigenvalue weighted by Crippen LogP contribution is -2.49. The Labute approximate surface area is 172 Å². The fraction of sp³-hybridized carbons (Fsp3) is 0.409. The Morgan fingerprint density at radius 1 is 1.11 bits per heavy atom. The number of hydrogen-bond acceptors (Lipinski definition) is 4. The lowest BCUT2D eigenvalue weighted by Gasteiger charge is -2.27. The number of alkyl carbamates (subject to hydrolysis) is 1. The molecule has 2 atom stereocenters. The summed E-state index contributed by atoms with van der Waals surface area (Å²) in [5, 5.41) is 17.4. The van der Waals surface area contributed by atoms with Gasteiger partial charge < -0.3 is 20.5 Å². The van der Waals surface area contributed by atoms with Crippen molar-refractivity contribution in [1.82, 2.24) is 10.6 Å². The normalized spacial score (nSPS) is 13.6. The van der Waals surface area contributed by atoms with Crippen LogP contribution in [0.25, 0.3) is 0 Å². The molecular formula is C22H29ClN2O3.